The summed E-state index contributed by atoms with van der Waals surface area (Å²) in [6.07, 6.45) is 1.67. The quantitative estimate of drug-likeness (QED) is 0.654. The molecule has 2 aliphatic rings. The highest BCUT2D eigenvalue weighted by Gasteiger charge is 2.55. The lowest BCUT2D eigenvalue weighted by Gasteiger charge is -2.37. The average Bonchev–Trinajstić information content (AvgIpc) is 2.97. The minimum absolute atomic E-state index is 0.205. The zero-order valence-electron chi connectivity index (χ0n) is 9.40. The molecule has 1 aliphatic carbocycles. The number of carbonyl (C=O) groups excluding carboxylic acids is 1. The summed E-state index contributed by atoms with van der Waals surface area (Å²) in [7, 11) is 3.62. The summed E-state index contributed by atoms with van der Waals surface area (Å²) in [6, 6.07) is 0. The van der Waals surface area contributed by atoms with Crippen LogP contribution >= 0.6 is 0 Å². The van der Waals surface area contributed by atoms with Crippen molar-refractivity contribution in [1.82, 2.24) is 9.80 Å². The summed E-state index contributed by atoms with van der Waals surface area (Å²) in [5.41, 5.74) is 5.48. The van der Waals surface area contributed by atoms with Gasteiger partial charge in [-0.3, -0.25) is 9.69 Å². The molecule has 1 saturated carbocycles. The van der Waals surface area contributed by atoms with Gasteiger partial charge in [0, 0.05) is 27.2 Å². The first-order chi connectivity index (χ1) is 7.06. The van der Waals surface area contributed by atoms with E-state index in [4.69, 9.17) is 10.5 Å². The second-order valence-corrected chi connectivity index (χ2v) is 4.59. The minimum Gasteiger partial charge on any atom is -0.361 e. The lowest BCUT2D eigenvalue weighted by atomic mass is 10.1. The van der Waals surface area contributed by atoms with Crippen molar-refractivity contribution in [1.29, 1.82) is 0 Å². The minimum atomic E-state index is -0.259. The second kappa shape index (κ2) is 3.73. The molecule has 0 spiro atoms. The van der Waals surface area contributed by atoms with Gasteiger partial charge in [0.1, 0.15) is 11.8 Å². The Kier molecular flexibility index (Phi) is 2.70. The van der Waals surface area contributed by atoms with E-state index in [9.17, 15) is 4.79 Å². The van der Waals surface area contributed by atoms with Crippen LogP contribution in [-0.4, -0.2) is 61.3 Å². The van der Waals surface area contributed by atoms with Crippen molar-refractivity contribution in [2.24, 2.45) is 5.73 Å². The Morgan fingerprint density at radius 3 is 2.67 bits per heavy atom. The molecule has 2 N–H and O–H groups in total. The van der Waals surface area contributed by atoms with Crippen LogP contribution in [0.4, 0.5) is 0 Å². The molecular formula is C10H19N3O2. The number of amides is 1. The standard InChI is InChI=1S/C10H19N3O2/c1-12(2)9(14)10(3-4-10)13-5-6-15-8(11)7-13/h8H,3-7,11H2,1-2H3. The van der Waals surface area contributed by atoms with E-state index in [1.807, 2.05) is 14.1 Å². The van der Waals surface area contributed by atoms with Crippen molar-refractivity contribution in [3.63, 3.8) is 0 Å². The molecule has 0 aromatic carbocycles. The SMILES string of the molecule is CN(C)C(=O)C1(N2CCOC(N)C2)CC1. The third-order valence-corrected chi connectivity index (χ3v) is 3.23. The Morgan fingerprint density at radius 1 is 1.53 bits per heavy atom. The Hall–Kier alpha value is -0.650. The normalized spacial score (nSPS) is 29.9. The monoisotopic (exact) mass is 213 g/mol. The van der Waals surface area contributed by atoms with E-state index >= 15 is 0 Å². The van der Waals surface area contributed by atoms with Crippen LogP contribution in [0.25, 0.3) is 0 Å². The number of likely N-dealkylation sites (N-methyl/N-ethyl adjacent to an activating group) is 1. The van der Waals surface area contributed by atoms with E-state index in [-0.39, 0.29) is 17.7 Å². The van der Waals surface area contributed by atoms with E-state index < -0.39 is 0 Å². The fourth-order valence-electron chi connectivity index (χ4n) is 2.26. The number of ether oxygens (including phenoxy) is 1. The summed E-state index contributed by atoms with van der Waals surface area (Å²) < 4.78 is 5.28. The molecule has 1 atom stereocenters. The molecule has 2 fully saturated rings. The summed E-state index contributed by atoms with van der Waals surface area (Å²) in [5, 5.41) is 0. The number of carbonyl (C=O) groups is 1. The van der Waals surface area contributed by atoms with Gasteiger partial charge in [0.2, 0.25) is 5.91 Å². The van der Waals surface area contributed by atoms with Crippen molar-refractivity contribution < 1.29 is 9.53 Å². The number of nitrogens with two attached hydrogens (primary N) is 1. The van der Waals surface area contributed by atoms with Gasteiger partial charge in [-0.05, 0) is 12.8 Å². The molecule has 1 heterocycles. The van der Waals surface area contributed by atoms with E-state index in [2.05, 4.69) is 4.90 Å². The maximum absolute atomic E-state index is 12.0. The molecular weight excluding hydrogens is 194 g/mol. The third kappa shape index (κ3) is 1.87. The summed E-state index contributed by atoms with van der Waals surface area (Å²) in [6.45, 7) is 2.11. The first kappa shape index (κ1) is 10.9. The van der Waals surface area contributed by atoms with Crippen LogP contribution in [0.5, 0.6) is 0 Å². The van der Waals surface area contributed by atoms with Gasteiger partial charge in [-0.25, -0.2) is 0 Å². The van der Waals surface area contributed by atoms with Crippen LogP contribution < -0.4 is 5.73 Å². The second-order valence-electron chi connectivity index (χ2n) is 4.59. The Bertz CT molecular complexity index is 263. The van der Waals surface area contributed by atoms with E-state index in [0.717, 1.165) is 19.4 Å². The molecule has 0 bridgehead atoms. The van der Waals surface area contributed by atoms with Gasteiger partial charge in [-0.2, -0.15) is 0 Å². The lowest BCUT2D eigenvalue weighted by Crippen LogP contribution is -2.56. The molecule has 5 heteroatoms. The molecule has 1 unspecified atom stereocenters. The topological polar surface area (TPSA) is 58.8 Å². The van der Waals surface area contributed by atoms with E-state index in [1.165, 1.54) is 0 Å². The van der Waals surface area contributed by atoms with Crippen LogP contribution in [0.1, 0.15) is 12.8 Å². The van der Waals surface area contributed by atoms with Crippen molar-refractivity contribution >= 4 is 5.91 Å². The Labute approximate surface area is 90.1 Å². The van der Waals surface area contributed by atoms with Crippen molar-refractivity contribution in [3.05, 3.63) is 0 Å². The molecule has 0 aromatic heterocycles. The smallest absolute Gasteiger partial charge is 0.242 e. The van der Waals surface area contributed by atoms with Crippen molar-refractivity contribution in [2.75, 3.05) is 33.8 Å². The molecule has 0 aromatic rings. The zero-order valence-corrected chi connectivity index (χ0v) is 9.40. The van der Waals surface area contributed by atoms with Gasteiger partial charge in [0.25, 0.3) is 0 Å². The fraction of sp³-hybridized carbons (Fsp3) is 0.900. The van der Waals surface area contributed by atoms with Crippen LogP contribution in [0, 0.1) is 0 Å². The third-order valence-electron chi connectivity index (χ3n) is 3.23. The van der Waals surface area contributed by atoms with Gasteiger partial charge in [0.15, 0.2) is 0 Å². The van der Waals surface area contributed by atoms with Crippen LogP contribution in [0.15, 0.2) is 0 Å². The van der Waals surface area contributed by atoms with Gasteiger partial charge < -0.3 is 15.4 Å². The molecule has 15 heavy (non-hydrogen) atoms. The molecule has 1 saturated heterocycles. The van der Waals surface area contributed by atoms with Gasteiger partial charge in [-0.15, -0.1) is 0 Å². The fourth-order valence-corrected chi connectivity index (χ4v) is 2.26. The molecule has 2 rings (SSSR count). The Balaban J connectivity index is 2.05. The van der Waals surface area contributed by atoms with Crippen LogP contribution in [-0.2, 0) is 9.53 Å². The van der Waals surface area contributed by atoms with E-state index in [0.29, 0.717) is 13.2 Å². The predicted molar refractivity (Wildman–Crippen MR) is 56.2 cm³/mol. The van der Waals surface area contributed by atoms with Gasteiger partial charge >= 0.3 is 0 Å². The number of rotatable bonds is 2. The summed E-state index contributed by atoms with van der Waals surface area (Å²) in [5.74, 6) is 0.205. The summed E-state index contributed by atoms with van der Waals surface area (Å²) >= 11 is 0. The molecule has 86 valence electrons. The molecule has 1 amide bonds. The number of hydrogen-bond donors (Lipinski definition) is 1. The van der Waals surface area contributed by atoms with Gasteiger partial charge in [-0.1, -0.05) is 0 Å². The Morgan fingerprint density at radius 2 is 2.20 bits per heavy atom. The molecule has 0 radical (unpaired) electrons. The van der Waals surface area contributed by atoms with Crippen molar-refractivity contribution in [3.8, 4) is 0 Å². The highest BCUT2D eigenvalue weighted by atomic mass is 16.5. The predicted octanol–water partition coefficient (Wildman–Crippen LogP) is -0.776. The first-order valence-corrected chi connectivity index (χ1v) is 5.40. The van der Waals surface area contributed by atoms with Crippen LogP contribution in [0.2, 0.25) is 0 Å². The maximum atomic E-state index is 12.0. The average molecular weight is 213 g/mol. The number of hydrogen-bond acceptors (Lipinski definition) is 4. The molecule has 1 aliphatic heterocycles. The van der Waals surface area contributed by atoms with Crippen LogP contribution in [0.3, 0.4) is 0 Å². The largest absolute Gasteiger partial charge is 0.361 e. The highest BCUT2D eigenvalue weighted by molar-refractivity contribution is 5.89. The van der Waals surface area contributed by atoms with Gasteiger partial charge in [0.05, 0.1) is 6.61 Å². The summed E-state index contributed by atoms with van der Waals surface area (Å²) in [4.78, 5) is 15.9. The lowest BCUT2D eigenvalue weighted by molar-refractivity contribution is -0.140. The maximum Gasteiger partial charge on any atom is 0.242 e. The van der Waals surface area contributed by atoms with Crippen molar-refractivity contribution in [2.45, 2.75) is 24.6 Å². The number of morpholine rings is 1. The highest BCUT2D eigenvalue weighted by Crippen LogP contribution is 2.43. The molecule has 5 nitrogen and oxygen atoms in total. The first-order valence-electron chi connectivity index (χ1n) is 5.40. The number of nitrogens with zero attached hydrogens (tertiary/aromatic N) is 2. The van der Waals surface area contributed by atoms with E-state index in [1.54, 1.807) is 4.90 Å². The zero-order chi connectivity index (χ0) is 11.1.